The Hall–Kier alpha value is -2.61. The van der Waals surface area contributed by atoms with Crippen molar-refractivity contribution < 1.29 is 0 Å². The van der Waals surface area contributed by atoms with Gasteiger partial charge in [-0.3, -0.25) is 0 Å². The van der Waals surface area contributed by atoms with Crippen LogP contribution in [0.5, 0.6) is 0 Å². The van der Waals surface area contributed by atoms with Crippen LogP contribution < -0.4 is 5.32 Å². The van der Waals surface area contributed by atoms with Crippen molar-refractivity contribution >= 4 is 11.5 Å². The second kappa shape index (κ2) is 9.26. The summed E-state index contributed by atoms with van der Waals surface area (Å²) in [5.41, 5.74) is 11.5. The molecule has 1 N–H and O–H groups in total. The van der Waals surface area contributed by atoms with E-state index in [0.29, 0.717) is 17.8 Å². The van der Waals surface area contributed by atoms with E-state index < -0.39 is 0 Å². The summed E-state index contributed by atoms with van der Waals surface area (Å²) in [4.78, 5) is 5.09. The van der Waals surface area contributed by atoms with Gasteiger partial charge in [0.2, 0.25) is 0 Å². The zero-order valence-electron chi connectivity index (χ0n) is 20.7. The van der Waals surface area contributed by atoms with Crippen molar-refractivity contribution in [2.24, 2.45) is 0 Å². The Balaban J connectivity index is 2.14. The van der Waals surface area contributed by atoms with E-state index in [1.165, 1.54) is 38.9 Å². The average Bonchev–Trinajstić information content (AvgIpc) is 2.69. The number of hydrogen-bond acceptors (Lipinski definition) is 2. The van der Waals surface area contributed by atoms with Crippen molar-refractivity contribution in [2.75, 3.05) is 5.32 Å². The standard InChI is InChI=1S/C29H38N2/c1-17(2)23-15-24(18(3)4)28(25(16-23)19(5)6)26-11-10-12-27(30-26)31-29-21(8)13-20(7)14-22(29)9/h10-19H,1-9H3,(H,30,31). The zero-order valence-corrected chi connectivity index (χ0v) is 20.7. The number of benzene rings is 2. The van der Waals surface area contributed by atoms with Crippen molar-refractivity contribution in [3.63, 3.8) is 0 Å². The smallest absolute Gasteiger partial charge is 0.131 e. The highest BCUT2D eigenvalue weighted by atomic mass is 15.0. The number of rotatable bonds is 6. The molecule has 0 saturated carbocycles. The first-order valence-electron chi connectivity index (χ1n) is 11.6. The molecule has 31 heavy (non-hydrogen) atoms. The lowest BCUT2D eigenvalue weighted by atomic mass is 9.83. The van der Waals surface area contributed by atoms with Gasteiger partial charge >= 0.3 is 0 Å². The van der Waals surface area contributed by atoms with E-state index in [4.69, 9.17) is 4.98 Å². The summed E-state index contributed by atoms with van der Waals surface area (Å²) in [6.45, 7) is 20.2. The quantitative estimate of drug-likeness (QED) is 0.436. The summed E-state index contributed by atoms with van der Waals surface area (Å²) in [7, 11) is 0. The molecule has 0 aliphatic heterocycles. The minimum absolute atomic E-state index is 0.436. The van der Waals surface area contributed by atoms with E-state index in [1.807, 2.05) is 0 Å². The first-order valence-corrected chi connectivity index (χ1v) is 11.6. The molecule has 164 valence electrons. The molecular formula is C29H38N2. The van der Waals surface area contributed by atoms with Crippen molar-refractivity contribution in [1.29, 1.82) is 0 Å². The van der Waals surface area contributed by atoms with Gasteiger partial charge in [-0.2, -0.15) is 0 Å². The molecule has 3 rings (SSSR count). The highest BCUT2D eigenvalue weighted by Crippen LogP contribution is 2.38. The second-order valence-corrected chi connectivity index (χ2v) is 9.85. The van der Waals surface area contributed by atoms with Gasteiger partial charge in [0.05, 0.1) is 5.69 Å². The number of pyridine rings is 1. The maximum atomic E-state index is 5.09. The molecular weight excluding hydrogens is 376 g/mol. The monoisotopic (exact) mass is 414 g/mol. The van der Waals surface area contributed by atoms with Crippen molar-refractivity contribution in [2.45, 2.75) is 80.1 Å². The van der Waals surface area contributed by atoms with Gasteiger partial charge in [0.15, 0.2) is 0 Å². The summed E-state index contributed by atoms with van der Waals surface area (Å²) in [6.07, 6.45) is 0. The van der Waals surface area contributed by atoms with Crippen molar-refractivity contribution in [1.82, 2.24) is 4.98 Å². The molecule has 2 heteroatoms. The van der Waals surface area contributed by atoms with Crippen LogP contribution in [0.4, 0.5) is 11.5 Å². The molecule has 0 aliphatic carbocycles. The van der Waals surface area contributed by atoms with E-state index in [2.05, 4.69) is 110 Å². The minimum atomic E-state index is 0.436. The molecule has 0 unspecified atom stereocenters. The third-order valence-electron chi connectivity index (χ3n) is 6.07. The van der Waals surface area contributed by atoms with Crippen LogP contribution >= 0.6 is 0 Å². The maximum absolute atomic E-state index is 5.09. The molecule has 0 fully saturated rings. The Kier molecular flexibility index (Phi) is 6.89. The van der Waals surface area contributed by atoms with E-state index in [1.54, 1.807) is 0 Å². The van der Waals surface area contributed by atoms with Gasteiger partial charge in [0.1, 0.15) is 5.82 Å². The SMILES string of the molecule is Cc1cc(C)c(Nc2cccc(-c3c(C(C)C)cc(C(C)C)cc3C(C)C)n2)c(C)c1. The molecule has 1 aromatic heterocycles. The number of nitrogens with one attached hydrogen (secondary N) is 1. The summed E-state index contributed by atoms with van der Waals surface area (Å²) >= 11 is 0. The van der Waals surface area contributed by atoms with Crippen molar-refractivity contribution in [3.05, 3.63) is 75.8 Å². The summed E-state index contributed by atoms with van der Waals surface area (Å²) in [5.74, 6) is 2.28. The van der Waals surface area contributed by atoms with Gasteiger partial charge in [0, 0.05) is 11.3 Å². The predicted octanol–water partition coefficient (Wildman–Crippen LogP) is 8.79. The highest BCUT2D eigenvalue weighted by molar-refractivity contribution is 5.73. The maximum Gasteiger partial charge on any atom is 0.131 e. The number of anilines is 2. The molecule has 0 spiro atoms. The topological polar surface area (TPSA) is 24.9 Å². The van der Waals surface area contributed by atoms with Crippen molar-refractivity contribution in [3.8, 4) is 11.3 Å². The fourth-order valence-electron chi connectivity index (χ4n) is 4.40. The lowest BCUT2D eigenvalue weighted by Crippen LogP contribution is -2.05. The Labute approximate surface area is 189 Å². The van der Waals surface area contributed by atoms with Crippen LogP contribution in [-0.2, 0) is 0 Å². The molecule has 0 amide bonds. The molecule has 1 heterocycles. The zero-order chi connectivity index (χ0) is 22.9. The Morgan fingerprint density at radius 3 is 1.74 bits per heavy atom. The predicted molar refractivity (Wildman–Crippen MR) is 136 cm³/mol. The first-order chi connectivity index (χ1) is 14.6. The number of nitrogens with zero attached hydrogens (tertiary/aromatic N) is 1. The van der Waals surface area contributed by atoms with Crippen LogP contribution in [0.3, 0.4) is 0 Å². The number of hydrogen-bond donors (Lipinski definition) is 1. The van der Waals surface area contributed by atoms with E-state index in [0.717, 1.165) is 17.2 Å². The first kappa shape index (κ1) is 23.1. The third-order valence-corrected chi connectivity index (χ3v) is 6.07. The second-order valence-electron chi connectivity index (χ2n) is 9.85. The minimum Gasteiger partial charge on any atom is -0.340 e. The van der Waals surface area contributed by atoms with Crippen LogP contribution in [-0.4, -0.2) is 4.98 Å². The highest BCUT2D eigenvalue weighted by Gasteiger charge is 2.19. The molecule has 2 aromatic carbocycles. The molecule has 0 atom stereocenters. The Morgan fingerprint density at radius 1 is 0.710 bits per heavy atom. The van der Waals surface area contributed by atoms with Gasteiger partial charge in [-0.25, -0.2) is 4.98 Å². The molecule has 0 radical (unpaired) electrons. The summed E-state index contributed by atoms with van der Waals surface area (Å²) in [6, 6.07) is 15.6. The summed E-state index contributed by atoms with van der Waals surface area (Å²) in [5, 5.41) is 3.59. The van der Waals surface area contributed by atoms with Crippen LogP contribution in [0.1, 0.15) is 92.7 Å². The molecule has 0 bridgehead atoms. The van der Waals surface area contributed by atoms with Crippen LogP contribution in [0.25, 0.3) is 11.3 Å². The Morgan fingerprint density at radius 2 is 1.26 bits per heavy atom. The lowest BCUT2D eigenvalue weighted by Gasteiger charge is -2.23. The van der Waals surface area contributed by atoms with Gasteiger partial charge in [0.25, 0.3) is 0 Å². The fraction of sp³-hybridized carbons (Fsp3) is 0.414. The van der Waals surface area contributed by atoms with Gasteiger partial charge in [-0.1, -0.05) is 77.4 Å². The largest absolute Gasteiger partial charge is 0.340 e. The van der Waals surface area contributed by atoms with Gasteiger partial charge in [-0.15, -0.1) is 0 Å². The fourth-order valence-corrected chi connectivity index (χ4v) is 4.40. The number of aryl methyl sites for hydroxylation is 3. The lowest BCUT2D eigenvalue weighted by molar-refractivity contribution is 0.806. The average molecular weight is 415 g/mol. The normalized spacial score (nSPS) is 11.6. The third kappa shape index (κ3) is 5.01. The Bertz CT molecular complexity index is 1020. The van der Waals surface area contributed by atoms with E-state index >= 15 is 0 Å². The molecule has 2 nitrogen and oxygen atoms in total. The molecule has 0 saturated heterocycles. The molecule has 0 aliphatic rings. The van der Waals surface area contributed by atoms with Gasteiger partial charge < -0.3 is 5.32 Å². The van der Waals surface area contributed by atoms with Gasteiger partial charge in [-0.05, 0) is 78.5 Å². The van der Waals surface area contributed by atoms with Crippen LogP contribution in [0.15, 0.2) is 42.5 Å². The molecule has 3 aromatic rings. The van der Waals surface area contributed by atoms with Crippen LogP contribution in [0, 0.1) is 20.8 Å². The van der Waals surface area contributed by atoms with E-state index in [-0.39, 0.29) is 0 Å². The van der Waals surface area contributed by atoms with E-state index in [9.17, 15) is 0 Å². The summed E-state index contributed by atoms with van der Waals surface area (Å²) < 4.78 is 0. The van der Waals surface area contributed by atoms with Crippen LogP contribution in [0.2, 0.25) is 0 Å². The number of aromatic nitrogens is 1.